The molecule has 2 unspecified atom stereocenters. The Hall–Kier alpha value is -2.79. The second-order valence-electron chi connectivity index (χ2n) is 11.9. The van der Waals surface area contributed by atoms with E-state index in [1.165, 1.54) is 4.31 Å². The standard InChI is InChI=1S/C33H50N4O5S/c1-5-25(3)22-37(43(41,42)28-17-11-8-12-18-28)23-30(38)29(21-27-15-9-7-10-16-27)34-33(40)32(26(4)6-2)35-31(39)24-36-19-13-14-20-36/h7-12,15-18,25-26,29-30,32,38H,5-6,13-14,19-24H2,1-4H3,(H,34,40)(H,35,39)/t25?,26-,29?,30+,32-/m0/s1. The van der Waals surface area contributed by atoms with Crippen molar-refractivity contribution in [1.29, 1.82) is 0 Å². The van der Waals surface area contributed by atoms with E-state index in [-0.39, 0.29) is 48.2 Å². The maximum atomic E-state index is 13.8. The molecule has 0 saturated carbocycles. The second-order valence-corrected chi connectivity index (χ2v) is 13.9. The Kier molecular flexibility index (Phi) is 13.6. The molecule has 238 valence electrons. The van der Waals surface area contributed by atoms with Crippen LogP contribution in [0.15, 0.2) is 65.6 Å². The van der Waals surface area contributed by atoms with Gasteiger partial charge in [-0.15, -0.1) is 0 Å². The van der Waals surface area contributed by atoms with Crippen LogP contribution in [0.3, 0.4) is 0 Å². The molecule has 2 amide bonds. The fourth-order valence-corrected chi connectivity index (χ4v) is 6.91. The molecular formula is C33H50N4O5S. The first-order chi connectivity index (χ1) is 20.5. The highest BCUT2D eigenvalue weighted by atomic mass is 32.2. The maximum absolute atomic E-state index is 13.8. The summed E-state index contributed by atoms with van der Waals surface area (Å²) < 4.78 is 28.7. The molecule has 3 N–H and O–H groups in total. The molecule has 1 aliphatic rings. The molecule has 10 heteroatoms. The molecular weight excluding hydrogens is 564 g/mol. The van der Waals surface area contributed by atoms with Crippen LogP contribution in [0, 0.1) is 11.8 Å². The largest absolute Gasteiger partial charge is 0.390 e. The Balaban J connectivity index is 1.85. The number of aliphatic hydroxyl groups is 1. The Morgan fingerprint density at radius 1 is 0.907 bits per heavy atom. The molecule has 1 heterocycles. The van der Waals surface area contributed by atoms with Crippen LogP contribution in [0.2, 0.25) is 0 Å². The molecule has 3 rings (SSSR count). The third-order valence-corrected chi connectivity index (χ3v) is 10.3. The van der Waals surface area contributed by atoms with Gasteiger partial charge in [-0.3, -0.25) is 14.5 Å². The zero-order valence-electron chi connectivity index (χ0n) is 26.1. The number of nitrogens with zero attached hydrogens (tertiary/aromatic N) is 2. The fraction of sp³-hybridized carbons (Fsp3) is 0.576. The van der Waals surface area contributed by atoms with Gasteiger partial charge >= 0.3 is 0 Å². The van der Waals surface area contributed by atoms with Crippen molar-refractivity contribution in [2.75, 3.05) is 32.7 Å². The van der Waals surface area contributed by atoms with E-state index in [4.69, 9.17) is 0 Å². The van der Waals surface area contributed by atoms with E-state index in [1.807, 2.05) is 58.0 Å². The average molecular weight is 615 g/mol. The number of sulfonamides is 1. The summed E-state index contributed by atoms with van der Waals surface area (Å²) >= 11 is 0. The summed E-state index contributed by atoms with van der Waals surface area (Å²) in [5.74, 6) is -0.662. The molecule has 0 spiro atoms. The number of hydrogen-bond acceptors (Lipinski definition) is 6. The van der Waals surface area contributed by atoms with Crippen molar-refractivity contribution in [2.24, 2.45) is 11.8 Å². The fourth-order valence-electron chi connectivity index (χ4n) is 5.31. The van der Waals surface area contributed by atoms with Crippen molar-refractivity contribution >= 4 is 21.8 Å². The van der Waals surface area contributed by atoms with Crippen LogP contribution in [0.5, 0.6) is 0 Å². The Morgan fingerprint density at radius 3 is 2.09 bits per heavy atom. The highest BCUT2D eigenvalue weighted by Gasteiger charge is 2.34. The lowest BCUT2D eigenvalue weighted by atomic mass is 9.96. The topological polar surface area (TPSA) is 119 Å². The summed E-state index contributed by atoms with van der Waals surface area (Å²) in [6.45, 7) is 9.91. The van der Waals surface area contributed by atoms with Gasteiger partial charge in [-0.25, -0.2) is 8.42 Å². The number of carbonyl (C=O) groups excluding carboxylic acids is 2. The Morgan fingerprint density at radius 2 is 1.51 bits per heavy atom. The zero-order chi connectivity index (χ0) is 31.4. The number of carbonyl (C=O) groups is 2. The van der Waals surface area contributed by atoms with E-state index in [0.717, 1.165) is 37.9 Å². The summed E-state index contributed by atoms with van der Waals surface area (Å²) in [6.07, 6.45) is 2.67. The van der Waals surface area contributed by atoms with Crippen LogP contribution in [0.1, 0.15) is 58.9 Å². The van der Waals surface area contributed by atoms with Crippen molar-refractivity contribution in [3.05, 3.63) is 66.2 Å². The predicted molar refractivity (Wildman–Crippen MR) is 170 cm³/mol. The molecule has 0 radical (unpaired) electrons. The van der Waals surface area contributed by atoms with E-state index in [2.05, 4.69) is 15.5 Å². The van der Waals surface area contributed by atoms with Gasteiger partial charge in [0.1, 0.15) is 6.04 Å². The zero-order valence-corrected chi connectivity index (χ0v) is 26.9. The molecule has 5 atom stereocenters. The van der Waals surface area contributed by atoms with Gasteiger partial charge in [0.25, 0.3) is 0 Å². The molecule has 0 bridgehead atoms. The molecule has 9 nitrogen and oxygen atoms in total. The van der Waals surface area contributed by atoms with E-state index in [9.17, 15) is 23.1 Å². The molecule has 1 fully saturated rings. The van der Waals surface area contributed by atoms with Crippen molar-refractivity contribution in [3.63, 3.8) is 0 Å². The third-order valence-electron chi connectivity index (χ3n) is 8.45. The lowest BCUT2D eigenvalue weighted by molar-refractivity contribution is -0.131. The number of likely N-dealkylation sites (tertiary alicyclic amines) is 1. The highest BCUT2D eigenvalue weighted by molar-refractivity contribution is 7.89. The van der Waals surface area contributed by atoms with Crippen molar-refractivity contribution in [2.45, 2.75) is 82.9 Å². The van der Waals surface area contributed by atoms with Gasteiger partial charge in [-0.1, -0.05) is 89.1 Å². The van der Waals surface area contributed by atoms with Crippen LogP contribution in [0.4, 0.5) is 0 Å². The number of nitrogens with one attached hydrogen (secondary N) is 2. The van der Waals surface area contributed by atoms with Gasteiger partial charge < -0.3 is 15.7 Å². The van der Waals surface area contributed by atoms with Crippen molar-refractivity contribution in [1.82, 2.24) is 19.8 Å². The van der Waals surface area contributed by atoms with Gasteiger partial charge in [0.2, 0.25) is 21.8 Å². The summed E-state index contributed by atoms with van der Waals surface area (Å²) in [4.78, 5) is 28.9. The SMILES string of the molecule is CCC(C)CN(C[C@@H](O)C(Cc1ccccc1)NC(=O)[C@@H](NC(=O)CN1CCCC1)[C@@H](C)CC)S(=O)(=O)c1ccccc1. The smallest absolute Gasteiger partial charge is 0.243 e. The molecule has 1 saturated heterocycles. The first-order valence-electron chi connectivity index (χ1n) is 15.6. The predicted octanol–water partition coefficient (Wildman–Crippen LogP) is 3.44. The minimum atomic E-state index is -3.90. The van der Waals surface area contributed by atoms with Gasteiger partial charge in [0, 0.05) is 13.1 Å². The van der Waals surface area contributed by atoms with E-state index < -0.39 is 28.2 Å². The number of aliphatic hydroxyl groups excluding tert-OH is 1. The average Bonchev–Trinajstić information content (AvgIpc) is 3.52. The van der Waals surface area contributed by atoms with E-state index >= 15 is 0 Å². The first kappa shape index (κ1) is 34.7. The second kappa shape index (κ2) is 16.9. The Bertz CT molecular complexity index is 1240. The number of hydrogen-bond donors (Lipinski definition) is 3. The van der Waals surface area contributed by atoms with Crippen LogP contribution >= 0.6 is 0 Å². The number of rotatable bonds is 17. The lowest BCUT2D eigenvalue weighted by Gasteiger charge is -2.33. The van der Waals surface area contributed by atoms with Crippen molar-refractivity contribution < 1.29 is 23.1 Å². The molecule has 2 aromatic carbocycles. The lowest BCUT2D eigenvalue weighted by Crippen LogP contribution is -2.57. The van der Waals surface area contributed by atoms with E-state index in [1.54, 1.807) is 30.3 Å². The van der Waals surface area contributed by atoms with Crippen LogP contribution in [-0.4, -0.2) is 85.5 Å². The van der Waals surface area contributed by atoms with Gasteiger partial charge in [-0.2, -0.15) is 4.31 Å². The minimum Gasteiger partial charge on any atom is -0.390 e. The monoisotopic (exact) mass is 614 g/mol. The van der Waals surface area contributed by atoms with Crippen LogP contribution in [0.25, 0.3) is 0 Å². The summed E-state index contributed by atoms with van der Waals surface area (Å²) in [7, 11) is -3.90. The first-order valence-corrected chi connectivity index (χ1v) is 17.1. The van der Waals surface area contributed by atoms with Crippen LogP contribution in [-0.2, 0) is 26.0 Å². The summed E-state index contributed by atoms with van der Waals surface area (Å²) in [5, 5.41) is 17.6. The molecule has 43 heavy (non-hydrogen) atoms. The van der Waals surface area contributed by atoms with Gasteiger partial charge in [0.15, 0.2) is 0 Å². The number of amides is 2. The summed E-state index contributed by atoms with van der Waals surface area (Å²) in [6, 6.07) is 16.1. The molecule has 0 aromatic heterocycles. The van der Waals surface area contributed by atoms with Gasteiger partial charge in [-0.05, 0) is 61.9 Å². The van der Waals surface area contributed by atoms with E-state index in [0.29, 0.717) is 12.8 Å². The molecule has 1 aliphatic heterocycles. The minimum absolute atomic E-state index is 0.0634. The molecule has 2 aromatic rings. The quantitative estimate of drug-likeness (QED) is 0.251. The highest BCUT2D eigenvalue weighted by Crippen LogP contribution is 2.20. The van der Waals surface area contributed by atoms with Crippen LogP contribution < -0.4 is 10.6 Å². The normalized spacial score (nSPS) is 17.6. The summed E-state index contributed by atoms with van der Waals surface area (Å²) in [5.41, 5.74) is 0.893. The van der Waals surface area contributed by atoms with Crippen molar-refractivity contribution in [3.8, 4) is 0 Å². The number of benzene rings is 2. The third kappa shape index (κ3) is 10.4. The Labute approximate surface area is 258 Å². The molecule has 0 aliphatic carbocycles. The maximum Gasteiger partial charge on any atom is 0.243 e. The van der Waals surface area contributed by atoms with Gasteiger partial charge in [0.05, 0.1) is 23.6 Å².